The summed E-state index contributed by atoms with van der Waals surface area (Å²) >= 11 is 0. The van der Waals surface area contributed by atoms with Gasteiger partial charge in [-0.25, -0.2) is 0 Å². The van der Waals surface area contributed by atoms with Crippen molar-refractivity contribution in [2.45, 2.75) is 25.9 Å². The summed E-state index contributed by atoms with van der Waals surface area (Å²) in [5.41, 5.74) is 7.28. The molecule has 19 heavy (non-hydrogen) atoms. The zero-order valence-corrected chi connectivity index (χ0v) is 11.4. The Morgan fingerprint density at radius 2 is 1.89 bits per heavy atom. The van der Waals surface area contributed by atoms with Crippen molar-refractivity contribution < 1.29 is 0 Å². The van der Waals surface area contributed by atoms with Crippen LogP contribution in [0, 0.1) is 0 Å². The topological polar surface area (TPSA) is 41.6 Å². The zero-order chi connectivity index (χ0) is 13.4. The molecule has 0 bridgehead atoms. The van der Waals surface area contributed by atoms with Crippen LogP contribution in [0.5, 0.6) is 0 Å². The first-order valence-electron chi connectivity index (χ1n) is 6.74. The quantitative estimate of drug-likeness (QED) is 0.894. The highest BCUT2D eigenvalue weighted by molar-refractivity contribution is 5.84. The van der Waals surface area contributed by atoms with Gasteiger partial charge in [-0.3, -0.25) is 4.99 Å². The van der Waals surface area contributed by atoms with Gasteiger partial charge in [0.2, 0.25) is 0 Å². The highest BCUT2D eigenvalue weighted by Crippen LogP contribution is 2.29. The molecule has 0 saturated heterocycles. The van der Waals surface area contributed by atoms with E-state index in [1.807, 2.05) is 0 Å². The van der Waals surface area contributed by atoms with Crippen LogP contribution in [-0.2, 0) is 0 Å². The minimum Gasteiger partial charge on any atom is -0.370 e. The van der Waals surface area contributed by atoms with Gasteiger partial charge in [-0.05, 0) is 36.2 Å². The van der Waals surface area contributed by atoms with E-state index in [2.05, 4.69) is 66.2 Å². The number of nitrogens with two attached hydrogens (primary N) is 1. The molecule has 2 aromatic rings. The van der Waals surface area contributed by atoms with Gasteiger partial charge < -0.3 is 10.6 Å². The lowest BCUT2D eigenvalue weighted by atomic mass is 10.0. The summed E-state index contributed by atoms with van der Waals surface area (Å²) in [6.07, 6.45) is 0. The van der Waals surface area contributed by atoms with Crippen molar-refractivity contribution in [3.8, 4) is 0 Å². The molecule has 2 aromatic carbocycles. The second kappa shape index (κ2) is 4.57. The Morgan fingerprint density at radius 1 is 1.16 bits per heavy atom. The second-order valence-corrected chi connectivity index (χ2v) is 5.32. The van der Waals surface area contributed by atoms with Crippen molar-refractivity contribution in [2.24, 2.45) is 10.7 Å². The monoisotopic (exact) mass is 253 g/mol. The van der Waals surface area contributed by atoms with Crippen LogP contribution in [0.1, 0.15) is 25.5 Å². The molecule has 0 aliphatic carbocycles. The van der Waals surface area contributed by atoms with Crippen LogP contribution in [0.3, 0.4) is 0 Å². The van der Waals surface area contributed by atoms with Crippen molar-refractivity contribution in [3.63, 3.8) is 0 Å². The number of rotatable bonds is 2. The maximum atomic E-state index is 6.00. The average molecular weight is 253 g/mol. The van der Waals surface area contributed by atoms with Crippen molar-refractivity contribution in [1.82, 2.24) is 4.90 Å². The van der Waals surface area contributed by atoms with Gasteiger partial charge in [-0.15, -0.1) is 0 Å². The normalized spacial score (nSPS) is 19.2. The van der Waals surface area contributed by atoms with Crippen LogP contribution in [-0.4, -0.2) is 23.4 Å². The molecule has 1 atom stereocenters. The molecule has 3 heteroatoms. The fourth-order valence-corrected chi connectivity index (χ4v) is 2.81. The lowest BCUT2D eigenvalue weighted by Crippen LogP contribution is -2.40. The second-order valence-electron chi connectivity index (χ2n) is 5.32. The SMILES string of the molecule is CC(C)N1C(N)=NCC1c1ccc2ccccc2c1. The number of nitrogens with zero attached hydrogens (tertiary/aromatic N) is 2. The fraction of sp³-hybridized carbons (Fsp3) is 0.312. The number of guanidine groups is 1. The van der Waals surface area contributed by atoms with Crippen LogP contribution in [0.4, 0.5) is 0 Å². The maximum Gasteiger partial charge on any atom is 0.192 e. The molecule has 1 aliphatic rings. The summed E-state index contributed by atoms with van der Waals surface area (Å²) in [5.74, 6) is 0.660. The Kier molecular flexibility index (Phi) is 2.90. The summed E-state index contributed by atoms with van der Waals surface area (Å²) in [7, 11) is 0. The first-order valence-corrected chi connectivity index (χ1v) is 6.74. The third-order valence-electron chi connectivity index (χ3n) is 3.74. The van der Waals surface area contributed by atoms with E-state index in [1.54, 1.807) is 0 Å². The van der Waals surface area contributed by atoms with E-state index in [0.29, 0.717) is 12.0 Å². The van der Waals surface area contributed by atoms with Crippen molar-refractivity contribution in [1.29, 1.82) is 0 Å². The molecule has 0 radical (unpaired) electrons. The molecule has 0 spiro atoms. The lowest BCUT2D eigenvalue weighted by Gasteiger charge is -2.30. The molecular weight excluding hydrogens is 234 g/mol. The standard InChI is InChI=1S/C16H19N3/c1-11(2)19-15(10-18-16(19)17)14-8-7-12-5-3-4-6-13(12)9-14/h3-9,11,15H,10H2,1-2H3,(H2,17,18). The number of hydrogen-bond acceptors (Lipinski definition) is 3. The highest BCUT2D eigenvalue weighted by Gasteiger charge is 2.29. The van der Waals surface area contributed by atoms with Gasteiger partial charge in [0.15, 0.2) is 5.96 Å². The van der Waals surface area contributed by atoms with Crippen molar-refractivity contribution in [3.05, 3.63) is 48.0 Å². The van der Waals surface area contributed by atoms with E-state index in [0.717, 1.165) is 6.54 Å². The molecule has 3 rings (SSSR count). The van der Waals surface area contributed by atoms with Gasteiger partial charge in [0.1, 0.15) is 0 Å². The van der Waals surface area contributed by atoms with Gasteiger partial charge in [-0.1, -0.05) is 36.4 Å². The molecule has 1 heterocycles. The van der Waals surface area contributed by atoms with E-state index in [9.17, 15) is 0 Å². The first-order chi connectivity index (χ1) is 9.16. The van der Waals surface area contributed by atoms with Gasteiger partial charge in [0.05, 0.1) is 12.6 Å². The molecule has 0 aromatic heterocycles. The predicted molar refractivity (Wildman–Crippen MR) is 80.2 cm³/mol. The Morgan fingerprint density at radius 3 is 2.63 bits per heavy atom. The van der Waals surface area contributed by atoms with E-state index in [4.69, 9.17) is 5.73 Å². The molecule has 0 amide bonds. The minimum absolute atomic E-state index is 0.268. The number of fused-ring (bicyclic) bond motifs is 1. The largest absolute Gasteiger partial charge is 0.370 e. The van der Waals surface area contributed by atoms with Gasteiger partial charge in [-0.2, -0.15) is 0 Å². The number of benzene rings is 2. The summed E-state index contributed by atoms with van der Waals surface area (Å²) < 4.78 is 0. The summed E-state index contributed by atoms with van der Waals surface area (Å²) in [5, 5.41) is 2.54. The Hall–Kier alpha value is -2.03. The fourth-order valence-electron chi connectivity index (χ4n) is 2.81. The smallest absolute Gasteiger partial charge is 0.192 e. The Balaban J connectivity index is 2.00. The zero-order valence-electron chi connectivity index (χ0n) is 11.4. The minimum atomic E-state index is 0.268. The number of aliphatic imine (C=N–C) groups is 1. The van der Waals surface area contributed by atoms with E-state index in [-0.39, 0.29) is 6.04 Å². The van der Waals surface area contributed by atoms with Crippen molar-refractivity contribution in [2.75, 3.05) is 6.54 Å². The van der Waals surface area contributed by atoms with Crippen LogP contribution in [0.25, 0.3) is 10.8 Å². The van der Waals surface area contributed by atoms with Crippen LogP contribution in [0.15, 0.2) is 47.5 Å². The third-order valence-corrected chi connectivity index (χ3v) is 3.74. The van der Waals surface area contributed by atoms with Crippen LogP contribution < -0.4 is 5.73 Å². The van der Waals surface area contributed by atoms with E-state index < -0.39 is 0 Å². The van der Waals surface area contributed by atoms with E-state index in [1.165, 1.54) is 16.3 Å². The molecule has 1 unspecified atom stereocenters. The Labute approximate surface area is 113 Å². The predicted octanol–water partition coefficient (Wildman–Crippen LogP) is 2.92. The van der Waals surface area contributed by atoms with E-state index >= 15 is 0 Å². The first kappa shape index (κ1) is 12.0. The van der Waals surface area contributed by atoms with Gasteiger partial charge >= 0.3 is 0 Å². The molecule has 1 aliphatic heterocycles. The lowest BCUT2D eigenvalue weighted by molar-refractivity contribution is 0.290. The number of hydrogen-bond donors (Lipinski definition) is 1. The summed E-state index contributed by atoms with van der Waals surface area (Å²) in [4.78, 5) is 6.60. The molecule has 3 nitrogen and oxygen atoms in total. The summed E-state index contributed by atoms with van der Waals surface area (Å²) in [6.45, 7) is 5.06. The maximum absolute atomic E-state index is 6.00. The Bertz CT molecular complexity index is 631. The summed E-state index contributed by atoms with van der Waals surface area (Å²) in [6, 6.07) is 15.7. The average Bonchev–Trinajstić information content (AvgIpc) is 2.80. The molecule has 0 saturated carbocycles. The molecule has 98 valence electrons. The highest BCUT2D eigenvalue weighted by atomic mass is 15.3. The third kappa shape index (κ3) is 2.05. The molecular formula is C16H19N3. The van der Waals surface area contributed by atoms with Gasteiger partial charge in [0, 0.05) is 6.04 Å². The van der Waals surface area contributed by atoms with Crippen LogP contribution in [0.2, 0.25) is 0 Å². The molecule has 2 N–H and O–H groups in total. The van der Waals surface area contributed by atoms with Gasteiger partial charge in [0.25, 0.3) is 0 Å². The molecule has 0 fully saturated rings. The van der Waals surface area contributed by atoms with Crippen molar-refractivity contribution >= 4 is 16.7 Å². The van der Waals surface area contributed by atoms with Crippen LogP contribution >= 0.6 is 0 Å².